The maximum absolute atomic E-state index is 12.0. The van der Waals surface area contributed by atoms with E-state index < -0.39 is 0 Å². The standard InChI is InChI=1S/C18H20O2/c1-18(2)15-11-16(18)17(19)10-13(15)7-4-12-5-8-14(20-3)9-6-12/h4-10,15-16H,11H2,1-3H3/t15-,16+/m0/s1. The molecule has 2 nitrogen and oxygen atoms in total. The number of fused-ring (bicyclic) bond motifs is 1. The van der Waals surface area contributed by atoms with Crippen LogP contribution in [-0.2, 0) is 4.79 Å². The molecule has 0 amide bonds. The first kappa shape index (κ1) is 13.2. The molecule has 0 heterocycles. The zero-order valence-corrected chi connectivity index (χ0v) is 12.2. The van der Waals surface area contributed by atoms with Gasteiger partial charge in [-0.25, -0.2) is 0 Å². The summed E-state index contributed by atoms with van der Waals surface area (Å²) >= 11 is 0. The lowest BCUT2D eigenvalue weighted by Crippen LogP contribution is -2.52. The molecule has 1 aromatic rings. The number of allylic oxidation sites excluding steroid dienone is 3. The number of benzene rings is 1. The first-order chi connectivity index (χ1) is 9.52. The Labute approximate surface area is 120 Å². The maximum Gasteiger partial charge on any atom is 0.159 e. The predicted molar refractivity (Wildman–Crippen MR) is 80.5 cm³/mol. The SMILES string of the molecule is COc1ccc(C=CC2=CC(=O)[C@H]3C[C@@H]2C3(C)C)cc1. The van der Waals surface area contributed by atoms with Crippen molar-refractivity contribution in [2.75, 3.05) is 7.11 Å². The molecule has 20 heavy (non-hydrogen) atoms. The fraction of sp³-hybridized carbons (Fsp3) is 0.389. The third kappa shape index (κ3) is 2.00. The van der Waals surface area contributed by atoms with Crippen LogP contribution in [0.4, 0.5) is 0 Å². The highest BCUT2D eigenvalue weighted by Gasteiger charge is 2.54. The van der Waals surface area contributed by atoms with Crippen LogP contribution in [0.15, 0.2) is 42.0 Å². The van der Waals surface area contributed by atoms with Crippen LogP contribution in [0.3, 0.4) is 0 Å². The van der Waals surface area contributed by atoms with Crippen LogP contribution >= 0.6 is 0 Å². The molecule has 2 heteroatoms. The number of ketones is 1. The lowest BCUT2D eigenvalue weighted by molar-refractivity contribution is -0.133. The van der Waals surface area contributed by atoms with Gasteiger partial charge in [0.15, 0.2) is 5.78 Å². The minimum Gasteiger partial charge on any atom is -0.497 e. The smallest absolute Gasteiger partial charge is 0.159 e. The second-order valence-corrected chi connectivity index (χ2v) is 6.32. The zero-order chi connectivity index (χ0) is 14.3. The molecule has 1 fully saturated rings. The van der Waals surface area contributed by atoms with Crippen molar-refractivity contribution < 1.29 is 9.53 Å². The molecular formula is C18H20O2. The summed E-state index contributed by atoms with van der Waals surface area (Å²) in [5, 5.41) is 0. The first-order valence-electron chi connectivity index (χ1n) is 7.10. The summed E-state index contributed by atoms with van der Waals surface area (Å²) < 4.78 is 5.15. The molecule has 0 N–H and O–H groups in total. The Morgan fingerprint density at radius 1 is 1.15 bits per heavy atom. The van der Waals surface area contributed by atoms with Crippen molar-refractivity contribution in [1.82, 2.24) is 0 Å². The fourth-order valence-electron chi connectivity index (χ4n) is 3.41. The molecule has 1 aromatic carbocycles. The van der Waals surface area contributed by atoms with Gasteiger partial charge in [-0.2, -0.15) is 0 Å². The summed E-state index contributed by atoms with van der Waals surface area (Å²) in [6.45, 7) is 4.41. The van der Waals surface area contributed by atoms with Gasteiger partial charge in [-0.15, -0.1) is 0 Å². The van der Waals surface area contributed by atoms with E-state index in [4.69, 9.17) is 4.74 Å². The van der Waals surface area contributed by atoms with Crippen molar-refractivity contribution in [1.29, 1.82) is 0 Å². The van der Waals surface area contributed by atoms with Crippen LogP contribution in [0.1, 0.15) is 25.8 Å². The molecular weight excluding hydrogens is 248 g/mol. The van der Waals surface area contributed by atoms with Crippen LogP contribution in [0.5, 0.6) is 5.75 Å². The van der Waals surface area contributed by atoms with Gasteiger partial charge in [-0.1, -0.05) is 38.1 Å². The van der Waals surface area contributed by atoms with Crippen LogP contribution in [0.2, 0.25) is 0 Å². The summed E-state index contributed by atoms with van der Waals surface area (Å²) in [6, 6.07) is 7.94. The number of rotatable bonds is 3. The second kappa shape index (κ2) is 4.62. The van der Waals surface area contributed by atoms with Gasteiger partial charge in [0, 0.05) is 5.92 Å². The Bertz CT molecular complexity index is 590. The molecule has 0 spiro atoms. The summed E-state index contributed by atoms with van der Waals surface area (Å²) in [4.78, 5) is 12.0. The molecule has 1 saturated carbocycles. The molecule has 0 radical (unpaired) electrons. The summed E-state index contributed by atoms with van der Waals surface area (Å²) in [5.74, 6) is 1.93. The Kier molecular flexibility index (Phi) is 3.04. The van der Waals surface area contributed by atoms with Gasteiger partial charge in [-0.3, -0.25) is 4.79 Å². The Morgan fingerprint density at radius 2 is 1.85 bits per heavy atom. The Hall–Kier alpha value is -1.83. The van der Waals surface area contributed by atoms with Crippen LogP contribution in [0.25, 0.3) is 6.08 Å². The van der Waals surface area contributed by atoms with E-state index in [9.17, 15) is 4.79 Å². The maximum atomic E-state index is 12.0. The number of hydrogen-bond donors (Lipinski definition) is 0. The van der Waals surface area contributed by atoms with E-state index in [1.54, 1.807) is 7.11 Å². The van der Waals surface area contributed by atoms with Gasteiger partial charge in [0.1, 0.15) is 5.75 Å². The minimum absolute atomic E-state index is 0.130. The van der Waals surface area contributed by atoms with E-state index in [2.05, 4.69) is 26.0 Å². The number of ether oxygens (including phenoxy) is 1. The Morgan fingerprint density at radius 3 is 2.40 bits per heavy atom. The molecule has 2 atom stereocenters. The highest BCUT2D eigenvalue weighted by Crippen LogP contribution is 2.58. The van der Waals surface area contributed by atoms with E-state index in [0.29, 0.717) is 11.7 Å². The molecule has 0 aliphatic heterocycles. The molecule has 3 aliphatic carbocycles. The van der Waals surface area contributed by atoms with Crippen LogP contribution in [-0.4, -0.2) is 12.9 Å². The molecule has 3 aliphatic rings. The van der Waals surface area contributed by atoms with Crippen LogP contribution < -0.4 is 4.74 Å². The highest BCUT2D eigenvalue weighted by atomic mass is 16.5. The number of methoxy groups -OCH3 is 1. The quantitative estimate of drug-likeness (QED) is 0.831. The fourth-order valence-corrected chi connectivity index (χ4v) is 3.41. The normalized spacial score (nSPS) is 27.1. The zero-order valence-electron chi connectivity index (χ0n) is 12.2. The number of carbonyl (C=O) groups excluding carboxylic acids is 1. The summed E-state index contributed by atoms with van der Waals surface area (Å²) in [5.41, 5.74) is 2.43. The van der Waals surface area contributed by atoms with Crippen molar-refractivity contribution in [3.05, 3.63) is 47.6 Å². The largest absolute Gasteiger partial charge is 0.497 e. The highest BCUT2D eigenvalue weighted by molar-refractivity contribution is 5.96. The first-order valence-corrected chi connectivity index (χ1v) is 7.10. The van der Waals surface area contributed by atoms with Gasteiger partial charge < -0.3 is 4.74 Å². The summed E-state index contributed by atoms with van der Waals surface area (Å²) in [7, 11) is 1.67. The molecule has 2 bridgehead atoms. The lowest BCUT2D eigenvalue weighted by atomic mass is 9.48. The number of hydrogen-bond acceptors (Lipinski definition) is 2. The van der Waals surface area contributed by atoms with Gasteiger partial charge in [0.05, 0.1) is 7.11 Å². The van der Waals surface area contributed by atoms with Gasteiger partial charge >= 0.3 is 0 Å². The van der Waals surface area contributed by atoms with Gasteiger partial charge in [-0.05, 0) is 47.1 Å². The second-order valence-electron chi connectivity index (χ2n) is 6.32. The molecule has 0 saturated heterocycles. The van der Waals surface area contributed by atoms with Gasteiger partial charge in [0.25, 0.3) is 0 Å². The minimum atomic E-state index is 0.130. The number of carbonyl (C=O) groups is 1. The van der Waals surface area contributed by atoms with Crippen molar-refractivity contribution in [2.45, 2.75) is 20.3 Å². The molecule has 104 valence electrons. The topological polar surface area (TPSA) is 26.3 Å². The van der Waals surface area contributed by atoms with Crippen molar-refractivity contribution >= 4 is 11.9 Å². The van der Waals surface area contributed by atoms with E-state index in [1.165, 1.54) is 5.57 Å². The van der Waals surface area contributed by atoms with Crippen LogP contribution in [0, 0.1) is 17.3 Å². The van der Waals surface area contributed by atoms with E-state index in [1.807, 2.05) is 30.3 Å². The lowest BCUT2D eigenvalue weighted by Gasteiger charge is -2.54. The average molecular weight is 268 g/mol. The Balaban J connectivity index is 1.80. The van der Waals surface area contributed by atoms with Gasteiger partial charge in [0.2, 0.25) is 0 Å². The third-order valence-corrected chi connectivity index (χ3v) is 4.91. The van der Waals surface area contributed by atoms with E-state index in [-0.39, 0.29) is 11.3 Å². The third-order valence-electron chi connectivity index (χ3n) is 4.91. The predicted octanol–water partition coefficient (Wildman–Crippen LogP) is 3.88. The van der Waals surface area contributed by atoms with Crippen molar-refractivity contribution in [2.24, 2.45) is 17.3 Å². The van der Waals surface area contributed by atoms with Crippen molar-refractivity contribution in [3.63, 3.8) is 0 Å². The van der Waals surface area contributed by atoms with E-state index >= 15 is 0 Å². The van der Waals surface area contributed by atoms with Crippen molar-refractivity contribution in [3.8, 4) is 5.75 Å². The molecule has 4 rings (SSSR count). The molecule has 0 unspecified atom stereocenters. The summed E-state index contributed by atoms with van der Waals surface area (Å²) in [6.07, 6.45) is 7.03. The monoisotopic (exact) mass is 268 g/mol. The average Bonchev–Trinajstić information content (AvgIpc) is 2.44. The van der Waals surface area contributed by atoms with E-state index in [0.717, 1.165) is 17.7 Å². The molecule has 0 aromatic heterocycles.